The van der Waals surface area contributed by atoms with E-state index in [9.17, 15) is 10.4 Å². The van der Waals surface area contributed by atoms with Crippen LogP contribution in [-0.2, 0) is 4.74 Å². The Morgan fingerprint density at radius 3 is 2.38 bits per heavy atom. The van der Waals surface area contributed by atoms with Gasteiger partial charge in [0.2, 0.25) is 6.29 Å². The number of hydrogen-bond donors (Lipinski definition) is 1. The van der Waals surface area contributed by atoms with Crippen LogP contribution in [0.2, 0.25) is 0 Å². The normalized spacial score (nSPS) is 23.5. The first kappa shape index (κ1) is 16.8. The largest absolute Gasteiger partial charge is 0.463 e. The molecule has 0 aliphatic carbocycles. The van der Waals surface area contributed by atoms with E-state index in [4.69, 9.17) is 4.74 Å². The zero-order valence-electron chi connectivity index (χ0n) is 13.3. The number of ether oxygens (including phenoxy) is 1. The average Bonchev–Trinajstić information content (AvgIpc) is 2.62. The number of rotatable bonds is 3. The molecule has 24 heavy (non-hydrogen) atoms. The van der Waals surface area contributed by atoms with Crippen molar-refractivity contribution >= 4 is 21.7 Å². The third-order valence-corrected chi connectivity index (χ3v) is 4.97. The molecule has 1 aliphatic heterocycles. The second-order valence-electron chi connectivity index (χ2n) is 5.83. The van der Waals surface area contributed by atoms with Gasteiger partial charge in [-0.05, 0) is 24.1 Å². The van der Waals surface area contributed by atoms with Crippen molar-refractivity contribution in [3.63, 3.8) is 0 Å². The minimum atomic E-state index is -0.934. The molecule has 0 fully saturated rings. The van der Waals surface area contributed by atoms with Gasteiger partial charge in [0.05, 0.1) is 11.6 Å². The fourth-order valence-corrected chi connectivity index (χ4v) is 3.51. The van der Waals surface area contributed by atoms with Crippen LogP contribution in [-0.4, -0.2) is 11.4 Å². The highest BCUT2D eigenvalue weighted by Crippen LogP contribution is 2.44. The van der Waals surface area contributed by atoms with E-state index in [1.807, 2.05) is 61.5 Å². The molecule has 122 valence electrons. The summed E-state index contributed by atoms with van der Waals surface area (Å²) in [4.78, 5) is 0. The van der Waals surface area contributed by atoms with Crippen molar-refractivity contribution in [1.82, 2.24) is 0 Å². The van der Waals surface area contributed by atoms with Crippen LogP contribution in [0.3, 0.4) is 0 Å². The number of aliphatic hydroxyl groups is 1. The number of allylic oxidation sites excluding steroid dienone is 1. The van der Waals surface area contributed by atoms with Crippen LogP contribution in [0.4, 0.5) is 0 Å². The van der Waals surface area contributed by atoms with Crippen LogP contribution >= 0.6 is 15.9 Å². The lowest BCUT2D eigenvalue weighted by Crippen LogP contribution is -2.34. The molecule has 0 saturated carbocycles. The fourth-order valence-electron chi connectivity index (χ4n) is 3.25. The molecule has 0 aromatic heterocycles. The first-order chi connectivity index (χ1) is 11.7. The highest BCUT2D eigenvalue weighted by atomic mass is 79.9. The molecule has 1 aliphatic rings. The van der Waals surface area contributed by atoms with Gasteiger partial charge in [0, 0.05) is 21.9 Å². The lowest BCUT2D eigenvalue weighted by Gasteiger charge is -2.36. The Labute approximate surface area is 150 Å². The Kier molecular flexibility index (Phi) is 5.03. The molecule has 0 radical (unpaired) electrons. The monoisotopic (exact) mass is 383 g/mol. The highest BCUT2D eigenvalue weighted by molar-refractivity contribution is 9.10. The molecule has 2 aromatic rings. The van der Waals surface area contributed by atoms with Crippen molar-refractivity contribution in [3.05, 3.63) is 75.8 Å². The van der Waals surface area contributed by atoms with E-state index in [1.54, 1.807) is 0 Å². The smallest absolute Gasteiger partial charge is 0.201 e. The maximum atomic E-state index is 10.5. The van der Waals surface area contributed by atoms with Crippen molar-refractivity contribution in [2.75, 3.05) is 0 Å². The number of nitriles is 1. The van der Waals surface area contributed by atoms with Crippen molar-refractivity contribution in [3.8, 4) is 6.07 Å². The number of halogens is 1. The summed E-state index contributed by atoms with van der Waals surface area (Å²) in [5.74, 6) is 0.128. The number of hydrogen-bond acceptors (Lipinski definition) is 3. The number of aliphatic hydroxyl groups excluding tert-OH is 1. The number of benzene rings is 2. The van der Waals surface area contributed by atoms with Gasteiger partial charge in [-0.2, -0.15) is 5.26 Å². The van der Waals surface area contributed by atoms with E-state index < -0.39 is 6.29 Å². The van der Waals surface area contributed by atoms with Crippen LogP contribution in [0.15, 0.2) is 64.6 Å². The third kappa shape index (κ3) is 3.10. The van der Waals surface area contributed by atoms with E-state index in [-0.39, 0.29) is 11.8 Å². The third-order valence-electron chi connectivity index (χ3n) is 4.45. The first-order valence-corrected chi connectivity index (χ1v) is 8.75. The average molecular weight is 384 g/mol. The molecule has 0 amide bonds. The lowest BCUT2D eigenvalue weighted by molar-refractivity contribution is -0.0961. The van der Waals surface area contributed by atoms with Gasteiger partial charge in [0.25, 0.3) is 0 Å². The predicted octanol–water partition coefficient (Wildman–Crippen LogP) is 4.84. The zero-order chi connectivity index (χ0) is 17.1. The first-order valence-electron chi connectivity index (χ1n) is 7.95. The predicted molar refractivity (Wildman–Crippen MR) is 96.7 cm³/mol. The van der Waals surface area contributed by atoms with Crippen LogP contribution in [0.25, 0.3) is 5.76 Å². The molecule has 1 heterocycles. The summed E-state index contributed by atoms with van der Waals surface area (Å²) in [5, 5.41) is 20.4. The van der Waals surface area contributed by atoms with Gasteiger partial charge in [0.15, 0.2) is 0 Å². The van der Waals surface area contributed by atoms with E-state index in [2.05, 4.69) is 22.0 Å². The summed E-state index contributed by atoms with van der Waals surface area (Å²) in [6.07, 6.45) is -0.217. The van der Waals surface area contributed by atoms with Crippen LogP contribution < -0.4 is 0 Å². The quantitative estimate of drug-likeness (QED) is 0.824. The van der Waals surface area contributed by atoms with Crippen molar-refractivity contribution in [1.29, 1.82) is 5.26 Å². The Morgan fingerprint density at radius 2 is 1.79 bits per heavy atom. The second kappa shape index (κ2) is 7.21. The summed E-state index contributed by atoms with van der Waals surface area (Å²) in [6.45, 7) is 2.01. The van der Waals surface area contributed by atoms with Gasteiger partial charge in [-0.1, -0.05) is 65.3 Å². The second-order valence-corrected chi connectivity index (χ2v) is 6.75. The molecule has 0 spiro atoms. The van der Waals surface area contributed by atoms with E-state index >= 15 is 0 Å². The Balaban J connectivity index is 2.17. The minimum Gasteiger partial charge on any atom is -0.463 e. The molecule has 3 atom stereocenters. The summed E-state index contributed by atoms with van der Waals surface area (Å²) in [5.41, 5.74) is 2.39. The fraction of sp³-hybridized carbons (Fsp3) is 0.250. The van der Waals surface area contributed by atoms with Crippen LogP contribution in [0.5, 0.6) is 0 Å². The van der Waals surface area contributed by atoms with E-state index in [0.29, 0.717) is 11.3 Å². The van der Waals surface area contributed by atoms with Crippen LogP contribution in [0, 0.1) is 17.2 Å². The Morgan fingerprint density at radius 1 is 1.12 bits per heavy atom. The molecule has 0 saturated heterocycles. The molecular formula is C20H18BrNO2. The lowest BCUT2D eigenvalue weighted by atomic mass is 9.76. The van der Waals surface area contributed by atoms with Gasteiger partial charge in [-0.25, -0.2) is 0 Å². The molecule has 0 bridgehead atoms. The standard InChI is InChI=1S/C20H18BrNO2/c1-2-16-18(13-8-10-15(21)11-9-13)17(12-22)19(24-20(16)23)14-6-4-3-5-7-14/h3-11,16,18,20,23H,2H2,1H3/t16-,18-,20?/m1/s1. The minimum absolute atomic E-state index is 0.159. The van der Waals surface area contributed by atoms with Crippen molar-refractivity contribution in [2.24, 2.45) is 5.92 Å². The van der Waals surface area contributed by atoms with E-state index in [0.717, 1.165) is 22.0 Å². The van der Waals surface area contributed by atoms with Gasteiger partial charge < -0.3 is 9.84 Å². The topological polar surface area (TPSA) is 53.2 Å². The Bertz CT molecular complexity index is 778. The maximum Gasteiger partial charge on any atom is 0.201 e. The zero-order valence-corrected chi connectivity index (χ0v) is 14.9. The molecule has 1 N–H and O–H groups in total. The summed E-state index contributed by atoms with van der Waals surface area (Å²) >= 11 is 3.44. The summed E-state index contributed by atoms with van der Waals surface area (Å²) < 4.78 is 6.74. The summed E-state index contributed by atoms with van der Waals surface area (Å²) in [6, 6.07) is 19.7. The SMILES string of the molecule is CC[C@H]1C(O)OC(c2ccccc2)=C(C#N)[C@@H]1c1ccc(Br)cc1. The van der Waals surface area contributed by atoms with Gasteiger partial charge >= 0.3 is 0 Å². The molecule has 3 rings (SSSR count). The molecular weight excluding hydrogens is 366 g/mol. The number of nitrogens with zero attached hydrogens (tertiary/aromatic N) is 1. The highest BCUT2D eigenvalue weighted by Gasteiger charge is 2.39. The molecule has 3 nitrogen and oxygen atoms in total. The molecule has 4 heteroatoms. The maximum absolute atomic E-state index is 10.5. The van der Waals surface area contributed by atoms with Gasteiger partial charge in [-0.15, -0.1) is 0 Å². The van der Waals surface area contributed by atoms with Crippen molar-refractivity contribution in [2.45, 2.75) is 25.6 Å². The Hall–Kier alpha value is -2.09. The van der Waals surface area contributed by atoms with Crippen LogP contribution in [0.1, 0.15) is 30.4 Å². The van der Waals surface area contributed by atoms with Gasteiger partial charge in [0.1, 0.15) is 5.76 Å². The van der Waals surface area contributed by atoms with Crippen molar-refractivity contribution < 1.29 is 9.84 Å². The molecule has 1 unspecified atom stereocenters. The van der Waals surface area contributed by atoms with Gasteiger partial charge in [-0.3, -0.25) is 0 Å². The summed E-state index contributed by atoms with van der Waals surface area (Å²) in [7, 11) is 0. The van der Waals surface area contributed by atoms with E-state index in [1.165, 1.54) is 0 Å². The molecule has 2 aromatic carbocycles.